The van der Waals surface area contributed by atoms with E-state index in [4.69, 9.17) is 14.2 Å². The highest BCUT2D eigenvalue weighted by Crippen LogP contribution is 2.61. The minimum absolute atomic E-state index is 0.273. The van der Waals surface area contributed by atoms with Gasteiger partial charge in [0.1, 0.15) is 6.11 Å². The topological polar surface area (TPSA) is 44.8 Å². The number of carbonyl (C=O) groups is 1. The lowest BCUT2D eigenvalue weighted by atomic mass is 9.47. The van der Waals surface area contributed by atoms with Crippen LogP contribution in [-0.2, 0) is 26.0 Å². The monoisotopic (exact) mass is 458 g/mol. The lowest BCUT2D eigenvalue weighted by Gasteiger charge is -2.57. The fraction of sp³-hybridized carbons (Fsp3) is 0.500. The van der Waals surface area contributed by atoms with Crippen LogP contribution in [0.15, 0.2) is 48.5 Å². The summed E-state index contributed by atoms with van der Waals surface area (Å²) in [7, 11) is 1.70. The number of benzene rings is 2. The molecular formula is C30H34O4. The maximum absolute atomic E-state index is 12.2. The molecule has 0 atom stereocenters. The largest absolute Gasteiger partial charge is 0.382 e. The minimum atomic E-state index is -0.417. The fourth-order valence-electron chi connectivity index (χ4n) is 7.00. The normalized spacial score (nSPS) is 26.7. The van der Waals surface area contributed by atoms with Crippen LogP contribution in [0.2, 0.25) is 0 Å². The van der Waals surface area contributed by atoms with E-state index in [0.29, 0.717) is 25.4 Å². The molecule has 0 unspecified atom stereocenters. The van der Waals surface area contributed by atoms with Gasteiger partial charge in [0.2, 0.25) is 0 Å². The smallest absolute Gasteiger partial charge is 0.352 e. The Labute approximate surface area is 203 Å². The molecule has 178 valence electrons. The lowest BCUT2D eigenvalue weighted by Crippen LogP contribution is -2.49. The van der Waals surface area contributed by atoms with Crippen molar-refractivity contribution < 1.29 is 19.0 Å². The van der Waals surface area contributed by atoms with Crippen molar-refractivity contribution in [3.63, 3.8) is 0 Å². The molecule has 0 amide bonds. The van der Waals surface area contributed by atoms with Crippen molar-refractivity contribution >= 4 is 5.97 Å². The van der Waals surface area contributed by atoms with E-state index in [1.807, 2.05) is 18.2 Å². The molecule has 4 aliphatic rings. The lowest BCUT2D eigenvalue weighted by molar-refractivity contribution is -0.00578. The Hall–Kier alpha value is -2.61. The molecule has 0 aromatic heterocycles. The van der Waals surface area contributed by atoms with Crippen LogP contribution in [0.3, 0.4) is 0 Å². The Morgan fingerprint density at radius 3 is 2.32 bits per heavy atom. The van der Waals surface area contributed by atoms with Gasteiger partial charge in [-0.05, 0) is 109 Å². The first kappa shape index (κ1) is 23.1. The fourth-order valence-corrected chi connectivity index (χ4v) is 7.00. The van der Waals surface area contributed by atoms with E-state index in [0.717, 1.165) is 29.7 Å². The molecule has 2 aromatic carbocycles. The molecule has 4 bridgehead atoms. The van der Waals surface area contributed by atoms with Crippen LogP contribution in [0.25, 0.3) is 0 Å². The highest BCUT2D eigenvalue weighted by Gasteiger charge is 2.52. The van der Waals surface area contributed by atoms with Crippen LogP contribution in [0.1, 0.15) is 65.6 Å². The van der Waals surface area contributed by atoms with Gasteiger partial charge in [-0.2, -0.15) is 0 Å². The van der Waals surface area contributed by atoms with Gasteiger partial charge < -0.3 is 14.2 Å². The molecule has 4 nitrogen and oxygen atoms in total. The van der Waals surface area contributed by atoms with Gasteiger partial charge >= 0.3 is 5.97 Å². The number of hydrogen-bond donors (Lipinski definition) is 0. The number of hydrogen-bond acceptors (Lipinski definition) is 4. The number of methoxy groups -OCH3 is 1. The van der Waals surface area contributed by atoms with E-state index in [1.165, 1.54) is 49.7 Å². The third-order valence-electron chi connectivity index (χ3n) is 8.02. The summed E-state index contributed by atoms with van der Waals surface area (Å²) in [6.45, 7) is 1.94. The predicted molar refractivity (Wildman–Crippen MR) is 131 cm³/mol. The Balaban J connectivity index is 1.37. The quantitative estimate of drug-likeness (QED) is 0.297. The van der Waals surface area contributed by atoms with Crippen molar-refractivity contribution in [3.05, 3.63) is 70.8 Å². The average Bonchev–Trinajstić information content (AvgIpc) is 2.84. The molecule has 0 N–H and O–H groups in total. The van der Waals surface area contributed by atoms with Crippen molar-refractivity contribution in [1.82, 2.24) is 0 Å². The van der Waals surface area contributed by atoms with Gasteiger partial charge in [0.25, 0.3) is 0 Å². The van der Waals surface area contributed by atoms with Gasteiger partial charge in [-0.3, -0.25) is 0 Å². The zero-order valence-corrected chi connectivity index (χ0v) is 20.1. The Kier molecular flexibility index (Phi) is 7.04. The van der Waals surface area contributed by atoms with Gasteiger partial charge in [0.15, 0.2) is 0 Å². The Bertz CT molecular complexity index is 1030. The molecule has 4 fully saturated rings. The molecule has 0 heterocycles. The molecule has 4 aliphatic carbocycles. The number of carbonyl (C=O) groups excluding carboxylic acids is 1. The summed E-state index contributed by atoms with van der Waals surface area (Å²) >= 11 is 0. The van der Waals surface area contributed by atoms with Gasteiger partial charge in [-0.25, -0.2) is 4.79 Å². The molecule has 4 saturated carbocycles. The van der Waals surface area contributed by atoms with Gasteiger partial charge in [0, 0.05) is 12.7 Å². The first-order chi connectivity index (χ1) is 16.6. The summed E-state index contributed by atoms with van der Waals surface area (Å²) < 4.78 is 16.1. The van der Waals surface area contributed by atoms with E-state index >= 15 is 0 Å². The van der Waals surface area contributed by atoms with Gasteiger partial charge in [-0.1, -0.05) is 24.3 Å². The molecule has 0 saturated heterocycles. The zero-order valence-electron chi connectivity index (χ0n) is 20.1. The van der Waals surface area contributed by atoms with Crippen LogP contribution in [0, 0.1) is 29.8 Å². The van der Waals surface area contributed by atoms with E-state index in [2.05, 4.69) is 30.2 Å². The first-order valence-corrected chi connectivity index (χ1v) is 12.6. The van der Waals surface area contributed by atoms with E-state index < -0.39 is 5.97 Å². The number of ether oxygens (including phenoxy) is 3. The average molecular weight is 459 g/mol. The summed E-state index contributed by atoms with van der Waals surface area (Å²) in [6, 6.07) is 15.5. The molecule has 0 spiro atoms. The first-order valence-electron chi connectivity index (χ1n) is 12.6. The van der Waals surface area contributed by atoms with Gasteiger partial charge in [0.05, 0.1) is 25.4 Å². The molecular weight excluding hydrogens is 424 g/mol. The van der Waals surface area contributed by atoms with Crippen LogP contribution in [-0.4, -0.2) is 32.9 Å². The van der Waals surface area contributed by atoms with Crippen molar-refractivity contribution in [1.29, 1.82) is 0 Å². The summed E-state index contributed by atoms with van der Waals surface area (Å²) in [5, 5.41) is 0. The van der Waals surface area contributed by atoms with Crippen LogP contribution in [0.5, 0.6) is 0 Å². The SMILES string of the molecule is COCCOCCc1ccc(C#COC(=O)c2ccccc2)cc1C12CC3CC(CC(C3)C1)C2. The minimum Gasteiger partial charge on any atom is -0.382 e. The maximum atomic E-state index is 12.2. The van der Waals surface area contributed by atoms with Crippen LogP contribution >= 0.6 is 0 Å². The summed E-state index contributed by atoms with van der Waals surface area (Å²) in [6.07, 6.45) is 11.7. The summed E-state index contributed by atoms with van der Waals surface area (Å²) in [4.78, 5) is 12.2. The van der Waals surface area contributed by atoms with Crippen molar-refractivity contribution in [2.45, 2.75) is 50.4 Å². The van der Waals surface area contributed by atoms with E-state index in [9.17, 15) is 4.79 Å². The van der Waals surface area contributed by atoms with Gasteiger partial charge in [-0.15, -0.1) is 0 Å². The second-order valence-corrected chi connectivity index (χ2v) is 10.4. The Morgan fingerprint density at radius 1 is 0.941 bits per heavy atom. The van der Waals surface area contributed by atoms with Crippen LogP contribution < -0.4 is 0 Å². The molecule has 34 heavy (non-hydrogen) atoms. The highest BCUT2D eigenvalue weighted by atomic mass is 16.5. The number of esters is 1. The highest BCUT2D eigenvalue weighted by molar-refractivity contribution is 5.90. The summed E-state index contributed by atoms with van der Waals surface area (Å²) in [5.41, 5.74) is 4.54. The van der Waals surface area contributed by atoms with Crippen LogP contribution in [0.4, 0.5) is 0 Å². The second-order valence-electron chi connectivity index (χ2n) is 10.4. The van der Waals surface area contributed by atoms with Crippen molar-refractivity contribution in [3.8, 4) is 12.0 Å². The third-order valence-corrected chi connectivity index (χ3v) is 8.02. The standard InChI is InChI=1S/C30H34O4/c1-32-13-14-33-11-10-26-8-7-22(9-12-34-29(31)27-5-3-2-4-6-27)18-28(26)30-19-23-15-24(20-30)17-25(16-23)21-30/h2-8,18,23-25H,10-11,13-17,19-21H2,1H3. The molecule has 2 aromatic rings. The maximum Gasteiger partial charge on any atom is 0.352 e. The number of rotatable bonds is 8. The second kappa shape index (κ2) is 10.3. The predicted octanol–water partition coefficient (Wildman–Crippen LogP) is 5.53. The molecule has 0 aliphatic heterocycles. The van der Waals surface area contributed by atoms with Crippen molar-refractivity contribution in [2.75, 3.05) is 26.9 Å². The van der Waals surface area contributed by atoms with E-state index in [1.54, 1.807) is 19.2 Å². The molecule has 4 heteroatoms. The molecule has 6 rings (SSSR count). The molecule has 0 radical (unpaired) electrons. The Morgan fingerprint density at radius 2 is 1.65 bits per heavy atom. The zero-order chi connectivity index (χ0) is 23.4. The third kappa shape index (κ3) is 5.06. The van der Waals surface area contributed by atoms with Crippen molar-refractivity contribution in [2.24, 2.45) is 17.8 Å². The van der Waals surface area contributed by atoms with E-state index in [-0.39, 0.29) is 5.41 Å². The summed E-state index contributed by atoms with van der Waals surface area (Å²) in [5.74, 6) is 5.29.